The minimum Gasteiger partial charge on any atom is -0.396 e. The molecule has 0 spiro atoms. The maximum Gasteiger partial charge on any atom is 0.0519 e. The fraction of sp³-hybridized carbons (Fsp3) is 1.00. The van der Waals surface area contributed by atoms with E-state index in [1.54, 1.807) is 0 Å². The predicted octanol–water partition coefficient (Wildman–Crippen LogP) is 0.239. The molecule has 0 aromatic heterocycles. The summed E-state index contributed by atoms with van der Waals surface area (Å²) in [5.41, 5.74) is 0. The van der Waals surface area contributed by atoms with Crippen molar-refractivity contribution in [2.45, 2.75) is 0 Å². The first-order valence-corrected chi connectivity index (χ1v) is 3.53. The van der Waals surface area contributed by atoms with Crippen LogP contribution in [0.4, 0.5) is 0 Å². The average molecular weight is 193 g/mol. The number of hydrogen-bond acceptors (Lipinski definition) is 4. The van der Waals surface area contributed by atoms with Crippen molar-refractivity contribution < 1.29 is 10.2 Å². The third-order valence-corrected chi connectivity index (χ3v) is 0.600. The molecule has 0 radical (unpaired) electrons. The quantitative estimate of drug-likeness (QED) is 0.474. The van der Waals surface area contributed by atoms with E-state index in [2.05, 4.69) is 25.3 Å². The van der Waals surface area contributed by atoms with Crippen LogP contribution in [0, 0.1) is 0 Å². The third kappa shape index (κ3) is 50.2. The third-order valence-electron chi connectivity index (χ3n) is 0.200. The van der Waals surface area contributed by atoms with Crippen LogP contribution in [0.1, 0.15) is 0 Å². The molecule has 0 aromatic rings. The van der Waals surface area contributed by atoms with E-state index in [4.69, 9.17) is 10.2 Å². The largest absolute Gasteiger partial charge is 0.396 e. The zero-order valence-electron chi connectivity index (χ0n) is 5.03. The predicted molar refractivity (Wildman–Crippen MR) is 49.1 cm³/mol. The maximum atomic E-state index is 7.80. The lowest BCUT2D eigenvalue weighted by Gasteiger charge is -1.69. The van der Waals surface area contributed by atoms with E-state index in [-0.39, 0.29) is 25.6 Å². The SMILES string of the molecule is Cl.OCCS.OCCS. The molecule has 0 rings (SSSR count). The zero-order valence-corrected chi connectivity index (χ0v) is 7.63. The van der Waals surface area contributed by atoms with Crippen LogP contribution in [0.25, 0.3) is 0 Å². The Kier molecular flexibility index (Phi) is 42.3. The van der Waals surface area contributed by atoms with E-state index in [1.165, 1.54) is 0 Å². The van der Waals surface area contributed by atoms with Crippen molar-refractivity contribution in [3.8, 4) is 0 Å². The molecule has 60 valence electrons. The molecular weight excluding hydrogens is 180 g/mol. The van der Waals surface area contributed by atoms with Crippen molar-refractivity contribution in [2.75, 3.05) is 24.7 Å². The topological polar surface area (TPSA) is 40.5 Å². The molecule has 9 heavy (non-hydrogen) atoms. The molecule has 0 saturated heterocycles. The van der Waals surface area contributed by atoms with Gasteiger partial charge in [-0.3, -0.25) is 0 Å². The van der Waals surface area contributed by atoms with Gasteiger partial charge in [0.25, 0.3) is 0 Å². The van der Waals surface area contributed by atoms with Gasteiger partial charge >= 0.3 is 0 Å². The van der Waals surface area contributed by atoms with Crippen LogP contribution >= 0.6 is 37.7 Å². The molecule has 0 atom stereocenters. The Morgan fingerprint density at radius 3 is 1.00 bits per heavy atom. The van der Waals surface area contributed by atoms with Crippen LogP contribution in [0.5, 0.6) is 0 Å². The fourth-order valence-corrected chi connectivity index (χ4v) is 0. The molecule has 0 aromatic carbocycles. The summed E-state index contributed by atoms with van der Waals surface area (Å²) in [4.78, 5) is 0. The number of thiol groups is 2. The molecule has 0 bridgehead atoms. The summed E-state index contributed by atoms with van der Waals surface area (Å²) >= 11 is 7.34. The highest BCUT2D eigenvalue weighted by Gasteiger charge is 1.58. The number of halogens is 1. The first-order valence-electron chi connectivity index (χ1n) is 2.26. The van der Waals surface area contributed by atoms with Crippen LogP contribution in [0.15, 0.2) is 0 Å². The molecule has 0 aliphatic carbocycles. The molecule has 2 nitrogen and oxygen atoms in total. The van der Waals surface area contributed by atoms with Crippen molar-refractivity contribution in [2.24, 2.45) is 0 Å². The second kappa shape index (κ2) is 23.1. The Hall–Kier alpha value is 0.910. The van der Waals surface area contributed by atoms with Crippen LogP contribution in [-0.4, -0.2) is 34.9 Å². The maximum absolute atomic E-state index is 7.80. The standard InChI is InChI=1S/2C2H6OS.ClH/c2*3-1-2-4;/h2*3-4H,1-2H2;1H. The van der Waals surface area contributed by atoms with Crippen molar-refractivity contribution in [3.05, 3.63) is 0 Å². The summed E-state index contributed by atoms with van der Waals surface area (Å²) in [6, 6.07) is 0. The van der Waals surface area contributed by atoms with Gasteiger partial charge in [-0.2, -0.15) is 25.3 Å². The Balaban J connectivity index is -0.0000000720. The van der Waals surface area contributed by atoms with Crippen LogP contribution in [0.3, 0.4) is 0 Å². The summed E-state index contributed by atoms with van der Waals surface area (Å²) in [5.74, 6) is 1.14. The first kappa shape index (κ1) is 16.5. The molecule has 0 saturated carbocycles. The molecule has 0 aliphatic heterocycles. The molecule has 2 N–H and O–H groups in total. The lowest BCUT2D eigenvalue weighted by atomic mass is 10.9. The van der Waals surface area contributed by atoms with E-state index in [1.807, 2.05) is 0 Å². The summed E-state index contributed by atoms with van der Waals surface area (Å²) in [5, 5.41) is 15.6. The van der Waals surface area contributed by atoms with Gasteiger partial charge in [0, 0.05) is 11.5 Å². The molecule has 5 heteroatoms. The first-order chi connectivity index (χ1) is 3.83. The van der Waals surface area contributed by atoms with Gasteiger partial charge in [-0.15, -0.1) is 12.4 Å². The van der Waals surface area contributed by atoms with Crippen molar-refractivity contribution in [1.29, 1.82) is 0 Å². The number of aliphatic hydroxyl groups excluding tert-OH is 2. The normalized spacial score (nSPS) is 6.67. The lowest BCUT2D eigenvalue weighted by Crippen LogP contribution is -1.76. The monoisotopic (exact) mass is 192 g/mol. The van der Waals surface area contributed by atoms with E-state index >= 15 is 0 Å². The van der Waals surface area contributed by atoms with E-state index < -0.39 is 0 Å². The van der Waals surface area contributed by atoms with Crippen LogP contribution in [-0.2, 0) is 0 Å². The highest BCUT2D eigenvalue weighted by atomic mass is 35.5. The van der Waals surface area contributed by atoms with Gasteiger partial charge in [0.2, 0.25) is 0 Å². The summed E-state index contributed by atoms with van der Waals surface area (Å²) in [6.45, 7) is 0.367. The van der Waals surface area contributed by atoms with E-state index in [0.717, 1.165) is 0 Å². The van der Waals surface area contributed by atoms with E-state index in [9.17, 15) is 0 Å². The Morgan fingerprint density at radius 2 is 1.00 bits per heavy atom. The number of hydrogen-bond donors (Lipinski definition) is 4. The Bertz CT molecular complexity index is 24.5. The Labute approximate surface area is 72.9 Å². The van der Waals surface area contributed by atoms with E-state index in [0.29, 0.717) is 11.5 Å². The Morgan fingerprint density at radius 1 is 0.889 bits per heavy atom. The molecule has 0 aliphatic rings. The summed E-state index contributed by atoms with van der Waals surface area (Å²) in [6.07, 6.45) is 0. The smallest absolute Gasteiger partial charge is 0.0519 e. The number of aliphatic hydroxyl groups is 2. The van der Waals surface area contributed by atoms with Crippen LogP contribution < -0.4 is 0 Å². The van der Waals surface area contributed by atoms with Gasteiger partial charge in [-0.1, -0.05) is 0 Å². The highest BCUT2D eigenvalue weighted by Crippen LogP contribution is 1.62. The molecule has 0 unspecified atom stereocenters. The highest BCUT2D eigenvalue weighted by molar-refractivity contribution is 7.80. The fourth-order valence-electron chi connectivity index (χ4n) is 0. The van der Waals surface area contributed by atoms with Crippen molar-refractivity contribution in [1.82, 2.24) is 0 Å². The lowest BCUT2D eigenvalue weighted by molar-refractivity contribution is 0.322. The van der Waals surface area contributed by atoms with Crippen molar-refractivity contribution in [3.63, 3.8) is 0 Å². The van der Waals surface area contributed by atoms with Crippen molar-refractivity contribution >= 4 is 37.7 Å². The molecule has 0 heterocycles. The second-order valence-corrected chi connectivity index (χ2v) is 1.79. The summed E-state index contributed by atoms with van der Waals surface area (Å²) < 4.78 is 0. The van der Waals surface area contributed by atoms with Gasteiger partial charge in [0.05, 0.1) is 13.2 Å². The minimum absolute atomic E-state index is 0. The average Bonchev–Trinajstić information content (AvgIpc) is 1.88. The van der Waals surface area contributed by atoms with Crippen LogP contribution in [0.2, 0.25) is 0 Å². The van der Waals surface area contributed by atoms with Gasteiger partial charge < -0.3 is 10.2 Å². The minimum atomic E-state index is 0. The van der Waals surface area contributed by atoms with Gasteiger partial charge in [-0.25, -0.2) is 0 Å². The number of rotatable bonds is 2. The van der Waals surface area contributed by atoms with Gasteiger partial charge in [-0.05, 0) is 0 Å². The second-order valence-electron chi connectivity index (χ2n) is 0.894. The van der Waals surface area contributed by atoms with Gasteiger partial charge in [0.15, 0.2) is 0 Å². The van der Waals surface area contributed by atoms with Gasteiger partial charge in [0.1, 0.15) is 0 Å². The molecular formula is C4H13ClO2S2. The molecule has 0 fully saturated rings. The molecule has 0 amide bonds. The zero-order chi connectivity index (χ0) is 6.83. The summed E-state index contributed by atoms with van der Waals surface area (Å²) in [7, 11) is 0.